The molecule has 18 heavy (non-hydrogen) atoms. The molecule has 1 aliphatic rings. The normalized spacial score (nSPS) is 23.7. The van der Waals surface area contributed by atoms with Crippen molar-refractivity contribution in [2.75, 3.05) is 0 Å². The maximum atomic E-state index is 13.1. The molecule has 0 unspecified atom stereocenters. The Morgan fingerprint density at radius 3 is 2.61 bits per heavy atom. The highest BCUT2D eigenvalue weighted by molar-refractivity contribution is 5.46. The number of nitro groups is 1. The van der Waals surface area contributed by atoms with E-state index in [1.165, 1.54) is 0 Å². The number of benzene rings is 1. The molecule has 1 aromatic rings. The van der Waals surface area contributed by atoms with Gasteiger partial charge in [0.15, 0.2) is 5.75 Å². The fourth-order valence-corrected chi connectivity index (χ4v) is 2.12. The van der Waals surface area contributed by atoms with Crippen LogP contribution in [0.15, 0.2) is 18.2 Å². The Morgan fingerprint density at radius 1 is 1.33 bits per heavy atom. The number of hydrogen-bond acceptors (Lipinski definition) is 4. The quantitative estimate of drug-likeness (QED) is 0.663. The number of halogens is 1. The molecule has 0 aliphatic heterocycles. The predicted octanol–water partition coefficient (Wildman–Crippen LogP) is 2.38. The fraction of sp³-hybridized carbons (Fsp3) is 0.500. The molecule has 0 amide bonds. The molecule has 5 nitrogen and oxygen atoms in total. The molecule has 0 spiro atoms. The largest absolute Gasteiger partial charge is 0.483 e. The third-order valence-electron chi connectivity index (χ3n) is 3.13. The van der Waals surface area contributed by atoms with E-state index in [4.69, 9.17) is 10.5 Å². The van der Waals surface area contributed by atoms with Crippen LogP contribution >= 0.6 is 0 Å². The van der Waals surface area contributed by atoms with Crippen molar-refractivity contribution in [3.8, 4) is 5.75 Å². The summed E-state index contributed by atoms with van der Waals surface area (Å²) in [5.74, 6) is -0.538. The van der Waals surface area contributed by atoms with Gasteiger partial charge in [-0.05, 0) is 31.7 Å². The molecule has 1 saturated carbocycles. The minimum absolute atomic E-state index is 0.000437. The van der Waals surface area contributed by atoms with Crippen LogP contribution in [0, 0.1) is 15.9 Å². The van der Waals surface area contributed by atoms with Gasteiger partial charge in [0.1, 0.15) is 5.82 Å². The van der Waals surface area contributed by atoms with E-state index >= 15 is 0 Å². The van der Waals surface area contributed by atoms with Crippen molar-refractivity contribution < 1.29 is 14.1 Å². The lowest BCUT2D eigenvalue weighted by molar-refractivity contribution is -0.386. The zero-order valence-corrected chi connectivity index (χ0v) is 9.84. The molecule has 0 aromatic heterocycles. The van der Waals surface area contributed by atoms with Crippen molar-refractivity contribution in [3.05, 3.63) is 34.1 Å². The predicted molar refractivity (Wildman–Crippen MR) is 63.9 cm³/mol. The van der Waals surface area contributed by atoms with Crippen LogP contribution in [0.4, 0.5) is 10.1 Å². The second-order valence-corrected chi connectivity index (χ2v) is 4.52. The van der Waals surface area contributed by atoms with Gasteiger partial charge in [-0.1, -0.05) is 0 Å². The number of nitrogens with two attached hydrogens (primary N) is 1. The topological polar surface area (TPSA) is 78.4 Å². The van der Waals surface area contributed by atoms with E-state index < -0.39 is 10.7 Å². The Balaban J connectivity index is 2.12. The Hall–Kier alpha value is -1.69. The third-order valence-corrected chi connectivity index (χ3v) is 3.13. The first kappa shape index (κ1) is 12.8. The minimum atomic E-state index is -0.566. The molecule has 0 heterocycles. The van der Waals surface area contributed by atoms with Gasteiger partial charge in [0, 0.05) is 18.2 Å². The van der Waals surface area contributed by atoms with Crippen LogP contribution in [0.5, 0.6) is 5.75 Å². The molecule has 0 bridgehead atoms. The molecule has 2 rings (SSSR count). The van der Waals surface area contributed by atoms with Crippen molar-refractivity contribution >= 4 is 5.69 Å². The minimum Gasteiger partial charge on any atom is -0.483 e. The van der Waals surface area contributed by atoms with Gasteiger partial charge in [0.25, 0.3) is 0 Å². The smallest absolute Gasteiger partial charge is 0.311 e. The second kappa shape index (κ2) is 5.30. The van der Waals surface area contributed by atoms with E-state index in [9.17, 15) is 14.5 Å². The average molecular weight is 254 g/mol. The molecular weight excluding hydrogens is 239 g/mol. The van der Waals surface area contributed by atoms with Gasteiger partial charge in [-0.25, -0.2) is 4.39 Å². The molecule has 1 aromatic carbocycles. The van der Waals surface area contributed by atoms with Crippen LogP contribution in [0.25, 0.3) is 0 Å². The number of nitrogens with zero attached hydrogens (tertiary/aromatic N) is 1. The van der Waals surface area contributed by atoms with E-state index in [1.54, 1.807) is 0 Å². The molecule has 1 fully saturated rings. The monoisotopic (exact) mass is 254 g/mol. The van der Waals surface area contributed by atoms with Crippen molar-refractivity contribution in [2.24, 2.45) is 5.73 Å². The van der Waals surface area contributed by atoms with Crippen LogP contribution in [0.2, 0.25) is 0 Å². The molecule has 98 valence electrons. The Bertz CT molecular complexity index is 445. The summed E-state index contributed by atoms with van der Waals surface area (Å²) in [5.41, 5.74) is 5.57. The molecule has 0 radical (unpaired) electrons. The average Bonchev–Trinajstić information content (AvgIpc) is 2.32. The number of nitro benzene ring substituents is 1. The van der Waals surface area contributed by atoms with E-state index in [0.717, 1.165) is 43.9 Å². The van der Waals surface area contributed by atoms with Crippen LogP contribution in [0.3, 0.4) is 0 Å². The van der Waals surface area contributed by atoms with Gasteiger partial charge in [-0.3, -0.25) is 10.1 Å². The Labute approximate surface area is 104 Å². The van der Waals surface area contributed by atoms with Crippen molar-refractivity contribution in [2.45, 2.75) is 37.8 Å². The molecule has 6 heteroatoms. The van der Waals surface area contributed by atoms with Gasteiger partial charge in [0.05, 0.1) is 11.0 Å². The van der Waals surface area contributed by atoms with E-state index in [0.29, 0.717) is 0 Å². The zero-order valence-electron chi connectivity index (χ0n) is 9.84. The molecular formula is C12H15FN2O3. The van der Waals surface area contributed by atoms with E-state index in [-0.39, 0.29) is 23.6 Å². The van der Waals surface area contributed by atoms with Crippen LogP contribution in [-0.4, -0.2) is 17.1 Å². The first-order chi connectivity index (χ1) is 8.56. The van der Waals surface area contributed by atoms with Gasteiger partial charge in [-0.15, -0.1) is 0 Å². The van der Waals surface area contributed by atoms with Crippen LogP contribution in [-0.2, 0) is 0 Å². The zero-order chi connectivity index (χ0) is 13.1. The number of rotatable bonds is 3. The summed E-state index contributed by atoms with van der Waals surface area (Å²) in [6.07, 6.45) is 3.02. The first-order valence-corrected chi connectivity index (χ1v) is 5.92. The van der Waals surface area contributed by atoms with Gasteiger partial charge >= 0.3 is 5.69 Å². The molecule has 1 aliphatic carbocycles. The van der Waals surface area contributed by atoms with Gasteiger partial charge in [-0.2, -0.15) is 0 Å². The van der Waals surface area contributed by atoms with E-state index in [1.807, 2.05) is 0 Å². The summed E-state index contributed by atoms with van der Waals surface area (Å²) in [6, 6.07) is 3.42. The van der Waals surface area contributed by atoms with Crippen LogP contribution in [0.1, 0.15) is 25.7 Å². The maximum Gasteiger partial charge on any atom is 0.311 e. The van der Waals surface area contributed by atoms with Crippen molar-refractivity contribution in [1.29, 1.82) is 0 Å². The fourth-order valence-electron chi connectivity index (χ4n) is 2.12. The number of ether oxygens (including phenoxy) is 1. The maximum absolute atomic E-state index is 13.1. The Morgan fingerprint density at radius 2 is 2.00 bits per heavy atom. The second-order valence-electron chi connectivity index (χ2n) is 4.52. The highest BCUT2D eigenvalue weighted by Crippen LogP contribution is 2.31. The van der Waals surface area contributed by atoms with E-state index in [2.05, 4.69) is 0 Å². The third kappa shape index (κ3) is 2.95. The lowest BCUT2D eigenvalue weighted by Crippen LogP contribution is -2.31. The number of hydrogen-bond donors (Lipinski definition) is 1. The first-order valence-electron chi connectivity index (χ1n) is 5.92. The highest BCUT2D eigenvalue weighted by Gasteiger charge is 2.23. The van der Waals surface area contributed by atoms with Gasteiger partial charge < -0.3 is 10.5 Å². The lowest BCUT2D eigenvalue weighted by atomic mass is 9.94. The summed E-state index contributed by atoms with van der Waals surface area (Å²) in [7, 11) is 0. The van der Waals surface area contributed by atoms with Crippen molar-refractivity contribution in [1.82, 2.24) is 0 Å². The van der Waals surface area contributed by atoms with Crippen molar-refractivity contribution in [3.63, 3.8) is 0 Å². The van der Waals surface area contributed by atoms with Crippen LogP contribution < -0.4 is 10.5 Å². The standard InChI is InChI=1S/C12H15FN2O3/c13-8-1-6-11(15(16)17)12(7-8)18-10-4-2-9(14)3-5-10/h1,6-7,9-10H,2-5,14H2. The highest BCUT2D eigenvalue weighted by atomic mass is 19.1. The summed E-state index contributed by atoms with van der Waals surface area (Å²) in [4.78, 5) is 10.2. The van der Waals surface area contributed by atoms with Gasteiger partial charge in [0.2, 0.25) is 0 Å². The Kier molecular flexibility index (Phi) is 3.76. The summed E-state index contributed by atoms with van der Waals surface area (Å²) in [6.45, 7) is 0. The molecule has 0 saturated heterocycles. The SMILES string of the molecule is NC1CCC(Oc2cc(F)ccc2[N+](=O)[O-])CC1. The lowest BCUT2D eigenvalue weighted by Gasteiger charge is -2.26. The summed E-state index contributed by atoms with van der Waals surface area (Å²) in [5, 5.41) is 10.8. The summed E-state index contributed by atoms with van der Waals surface area (Å²) < 4.78 is 18.6. The molecule has 0 atom stereocenters. The summed E-state index contributed by atoms with van der Waals surface area (Å²) >= 11 is 0. The molecule has 2 N–H and O–H groups in total.